The largest absolute Gasteiger partial charge is 0.444 e. The molecule has 4 rings (SSSR count). The average Bonchev–Trinajstić information content (AvgIpc) is 3.28. The van der Waals surface area contributed by atoms with Crippen LogP contribution in [0.15, 0.2) is 28.9 Å². The molecule has 1 saturated carbocycles. The predicted octanol–water partition coefficient (Wildman–Crippen LogP) is 1.86. The summed E-state index contributed by atoms with van der Waals surface area (Å²) in [6.07, 6.45) is 1.69. The Morgan fingerprint density at radius 2 is 2.03 bits per heavy atom. The van der Waals surface area contributed by atoms with Crippen molar-refractivity contribution in [3.05, 3.63) is 41.5 Å². The molecule has 9 nitrogen and oxygen atoms in total. The molecule has 0 spiro atoms. The number of benzene rings is 1. The third-order valence-corrected chi connectivity index (χ3v) is 8.09. The van der Waals surface area contributed by atoms with E-state index in [4.69, 9.17) is 4.42 Å². The van der Waals surface area contributed by atoms with E-state index in [1.807, 2.05) is 4.72 Å². The van der Waals surface area contributed by atoms with E-state index in [1.165, 1.54) is 38.6 Å². The summed E-state index contributed by atoms with van der Waals surface area (Å²) in [6, 6.07) is 0.760. The number of likely N-dealkylation sites (tertiary alicyclic amines) is 1. The lowest BCUT2D eigenvalue weighted by atomic mass is 9.79. The number of aliphatic hydroxyl groups is 1. The first-order valence-corrected chi connectivity index (χ1v) is 12.5. The molecule has 192 valence electrons. The summed E-state index contributed by atoms with van der Waals surface area (Å²) in [7, 11) is -1.98. The number of oxazole rings is 1. The fraction of sp³-hybridized carbons (Fsp3) is 0.545. The molecule has 1 amide bonds. The number of nitrogens with zero attached hydrogens (tertiary/aromatic N) is 3. The van der Waals surface area contributed by atoms with Crippen molar-refractivity contribution in [3.63, 3.8) is 0 Å². The van der Waals surface area contributed by atoms with Crippen LogP contribution >= 0.6 is 0 Å². The van der Waals surface area contributed by atoms with E-state index < -0.39 is 58.5 Å². The minimum atomic E-state index is -4.33. The molecule has 1 aliphatic carbocycles. The fourth-order valence-corrected chi connectivity index (χ4v) is 5.24. The van der Waals surface area contributed by atoms with Gasteiger partial charge in [-0.15, -0.1) is 0 Å². The second-order valence-electron chi connectivity index (χ2n) is 9.31. The zero-order valence-electron chi connectivity index (χ0n) is 19.5. The van der Waals surface area contributed by atoms with Crippen LogP contribution in [0.1, 0.15) is 30.5 Å². The van der Waals surface area contributed by atoms with Crippen molar-refractivity contribution in [2.45, 2.75) is 56.2 Å². The predicted molar refractivity (Wildman–Crippen MR) is 119 cm³/mol. The Bertz CT molecular complexity index is 1230. The molecule has 1 saturated heterocycles. The molecule has 13 heteroatoms. The molecule has 0 unspecified atom stereocenters. The van der Waals surface area contributed by atoms with Crippen molar-refractivity contribution in [2.75, 3.05) is 20.6 Å². The Morgan fingerprint density at radius 3 is 2.57 bits per heavy atom. The van der Waals surface area contributed by atoms with Crippen molar-refractivity contribution in [2.24, 2.45) is 0 Å². The number of amides is 1. The lowest BCUT2D eigenvalue weighted by Gasteiger charge is -2.40. The fourth-order valence-electron chi connectivity index (χ4n) is 4.38. The average molecular weight is 517 g/mol. The molecular formula is C22H27F3N4O5S. The summed E-state index contributed by atoms with van der Waals surface area (Å²) in [5, 5.41) is 10.6. The summed E-state index contributed by atoms with van der Waals surface area (Å²) in [6.45, 7) is 0.547. The Hall–Kier alpha value is -2.48. The molecule has 2 atom stereocenters. The second-order valence-corrected chi connectivity index (χ2v) is 11.2. The Morgan fingerprint density at radius 1 is 1.34 bits per heavy atom. The molecule has 0 radical (unpaired) electrons. The number of aromatic nitrogens is 1. The molecule has 2 N–H and O–H groups in total. The van der Waals surface area contributed by atoms with Crippen LogP contribution in [0.2, 0.25) is 0 Å². The molecule has 1 aromatic heterocycles. The van der Waals surface area contributed by atoms with Crippen LogP contribution in [0.4, 0.5) is 13.2 Å². The number of aryl methyl sites for hydroxylation is 1. The lowest BCUT2D eigenvalue weighted by molar-refractivity contribution is -0.162. The monoisotopic (exact) mass is 516 g/mol. The van der Waals surface area contributed by atoms with Crippen molar-refractivity contribution in [1.29, 1.82) is 0 Å². The van der Waals surface area contributed by atoms with Gasteiger partial charge in [0.2, 0.25) is 5.89 Å². The number of carbonyl (C=O) groups excluding carboxylic acids is 1. The first-order valence-electron chi connectivity index (χ1n) is 11.1. The second kappa shape index (κ2) is 8.87. The Labute approximate surface area is 201 Å². The van der Waals surface area contributed by atoms with E-state index in [-0.39, 0.29) is 29.9 Å². The smallest absolute Gasteiger partial charge is 0.283 e. The van der Waals surface area contributed by atoms with E-state index in [2.05, 4.69) is 4.98 Å². The molecule has 1 aliphatic heterocycles. The molecule has 2 aromatic rings. The van der Waals surface area contributed by atoms with Gasteiger partial charge in [0.05, 0.1) is 23.8 Å². The van der Waals surface area contributed by atoms with Gasteiger partial charge in [-0.1, -0.05) is 12.1 Å². The maximum absolute atomic E-state index is 15.5. The van der Waals surface area contributed by atoms with Crippen molar-refractivity contribution >= 4 is 16.1 Å². The van der Waals surface area contributed by atoms with Crippen LogP contribution in [0.5, 0.6) is 0 Å². The number of rotatable bonds is 7. The number of carbonyl (C=O) groups is 1. The van der Waals surface area contributed by atoms with Gasteiger partial charge in [0.25, 0.3) is 22.0 Å². The molecule has 2 aliphatic rings. The summed E-state index contributed by atoms with van der Waals surface area (Å²) < 4.78 is 78.7. The standard InChI is InChI=1S/C22H27F3N4O5S/c1-13-11-34-19(26-13)15-7-4-6-14(17(15)23)10-16-18(27-35(32,33)28(2)3)22(24,25)12-29(16)20(30)21(31)8-5-9-21/h4,6-7,11,16,18,27,31H,5,8-10,12H2,1-3H3/t16-,18+/m0/s1. The highest BCUT2D eigenvalue weighted by atomic mass is 32.2. The highest BCUT2D eigenvalue weighted by molar-refractivity contribution is 7.87. The van der Waals surface area contributed by atoms with Gasteiger partial charge in [-0.25, -0.2) is 18.2 Å². The molecule has 0 bridgehead atoms. The van der Waals surface area contributed by atoms with Crippen molar-refractivity contribution < 1.29 is 35.9 Å². The van der Waals surface area contributed by atoms with Crippen LogP contribution in [0, 0.1) is 12.7 Å². The Balaban J connectivity index is 1.74. The number of nitrogens with one attached hydrogen (secondary N) is 1. The quantitative estimate of drug-likeness (QED) is 0.581. The van der Waals surface area contributed by atoms with Crippen LogP contribution in [0.25, 0.3) is 11.5 Å². The first-order chi connectivity index (χ1) is 16.2. The molecule has 2 heterocycles. The normalized spacial score (nSPS) is 23.5. The minimum absolute atomic E-state index is 0.000161. The topological polar surface area (TPSA) is 116 Å². The van der Waals surface area contributed by atoms with E-state index in [0.717, 1.165) is 9.21 Å². The van der Waals surface area contributed by atoms with Gasteiger partial charge in [-0.3, -0.25) is 4.79 Å². The maximum atomic E-state index is 15.5. The summed E-state index contributed by atoms with van der Waals surface area (Å²) in [5.41, 5.74) is -1.31. The van der Waals surface area contributed by atoms with Gasteiger partial charge >= 0.3 is 0 Å². The first kappa shape index (κ1) is 25.6. The summed E-state index contributed by atoms with van der Waals surface area (Å²) in [5.74, 6) is -5.37. The Kier molecular flexibility index (Phi) is 6.49. The van der Waals surface area contributed by atoms with Gasteiger partial charge in [0.15, 0.2) is 0 Å². The number of hydrogen-bond acceptors (Lipinski definition) is 6. The maximum Gasteiger partial charge on any atom is 0.283 e. The van der Waals surface area contributed by atoms with Crippen molar-refractivity contribution in [1.82, 2.24) is 18.9 Å². The molecule has 2 fully saturated rings. The molecular weight excluding hydrogens is 489 g/mol. The number of halogens is 3. The van der Waals surface area contributed by atoms with E-state index in [9.17, 15) is 18.3 Å². The van der Waals surface area contributed by atoms with Gasteiger partial charge in [0, 0.05) is 14.1 Å². The summed E-state index contributed by atoms with van der Waals surface area (Å²) >= 11 is 0. The third kappa shape index (κ3) is 4.69. The van der Waals surface area contributed by atoms with Gasteiger partial charge in [-0.2, -0.15) is 17.4 Å². The van der Waals surface area contributed by atoms with Gasteiger partial charge in [-0.05, 0) is 44.2 Å². The van der Waals surface area contributed by atoms with Gasteiger partial charge in [0.1, 0.15) is 23.7 Å². The number of alkyl halides is 2. The lowest BCUT2D eigenvalue weighted by Crippen LogP contribution is -2.58. The zero-order chi connectivity index (χ0) is 25.8. The SMILES string of the molecule is Cc1coc(-c2cccc(C[C@H]3[C@@H](NS(=O)(=O)N(C)C)C(F)(F)CN3C(=O)C3(O)CCC3)c2F)n1. The highest BCUT2D eigenvalue weighted by Crippen LogP contribution is 2.41. The van der Waals surface area contributed by atoms with E-state index in [1.54, 1.807) is 6.92 Å². The summed E-state index contributed by atoms with van der Waals surface area (Å²) in [4.78, 5) is 18.0. The molecule has 1 aromatic carbocycles. The van der Waals surface area contributed by atoms with E-state index >= 15 is 13.2 Å². The van der Waals surface area contributed by atoms with Gasteiger partial charge < -0.3 is 14.4 Å². The molecule has 35 heavy (non-hydrogen) atoms. The van der Waals surface area contributed by atoms with E-state index in [0.29, 0.717) is 12.1 Å². The van der Waals surface area contributed by atoms with Crippen LogP contribution in [-0.2, 0) is 21.4 Å². The van der Waals surface area contributed by atoms with Crippen LogP contribution < -0.4 is 4.72 Å². The number of hydrogen-bond donors (Lipinski definition) is 2. The van der Waals surface area contributed by atoms with Crippen LogP contribution in [-0.4, -0.2) is 77.9 Å². The van der Waals surface area contributed by atoms with Crippen LogP contribution in [0.3, 0.4) is 0 Å². The zero-order valence-corrected chi connectivity index (χ0v) is 20.3. The third-order valence-electron chi connectivity index (χ3n) is 6.57. The minimum Gasteiger partial charge on any atom is -0.444 e. The van der Waals surface area contributed by atoms with Crippen molar-refractivity contribution in [3.8, 4) is 11.5 Å². The highest BCUT2D eigenvalue weighted by Gasteiger charge is 2.60.